The molecule has 5 heterocycles. The third-order valence-electron chi connectivity index (χ3n) is 16.0. The lowest BCUT2D eigenvalue weighted by molar-refractivity contribution is -0.154. The molecular weight excluding hydrogens is 1090 g/mol. The van der Waals surface area contributed by atoms with Crippen LogP contribution in [-0.2, 0) is 27.3 Å². The van der Waals surface area contributed by atoms with Crippen molar-refractivity contribution >= 4 is 73.4 Å². The zero-order valence-corrected chi connectivity index (χ0v) is 48.1. The first-order chi connectivity index (χ1) is 39.1. The molecule has 4 unspecified atom stereocenters. The van der Waals surface area contributed by atoms with Gasteiger partial charge in [0.1, 0.15) is 23.7 Å². The number of fused-ring (bicyclic) bond motifs is 2. The van der Waals surface area contributed by atoms with E-state index in [1.54, 1.807) is 62.7 Å². The first-order valence-corrected chi connectivity index (χ1v) is 29.3. The summed E-state index contributed by atoms with van der Waals surface area (Å²) in [5, 5.41) is 30.1. The van der Waals surface area contributed by atoms with Crippen molar-refractivity contribution in [1.82, 2.24) is 30.5 Å². The molecule has 5 N–H and O–H groups in total. The molecule has 4 amide bonds. The fourth-order valence-electron chi connectivity index (χ4n) is 11.5. The predicted molar refractivity (Wildman–Crippen MR) is 312 cm³/mol. The maximum absolute atomic E-state index is 16.1. The number of benzene rings is 4. The molecule has 10 rings (SSSR count). The Bertz CT molecular complexity index is 3520. The van der Waals surface area contributed by atoms with Gasteiger partial charge in [-0.2, -0.15) is 8.78 Å². The number of carboxylic acids is 1. The van der Waals surface area contributed by atoms with Crippen LogP contribution in [0.1, 0.15) is 121 Å². The van der Waals surface area contributed by atoms with Gasteiger partial charge in [0.05, 0.1) is 44.5 Å². The zero-order chi connectivity index (χ0) is 58.2. The highest BCUT2D eigenvalue weighted by Gasteiger charge is 2.49. The molecule has 4 aromatic carbocycles. The summed E-state index contributed by atoms with van der Waals surface area (Å²) in [7, 11) is 0. The van der Waals surface area contributed by atoms with Gasteiger partial charge in [0.25, 0.3) is 11.8 Å². The van der Waals surface area contributed by atoms with E-state index in [0.717, 1.165) is 43.0 Å². The number of aromatic nitrogens is 3. The number of rotatable bonds is 16. The number of para-hydroxylation sites is 1. The number of β-amino-alcohol motifs (C(OH)–C–C–N with tert-alkyl or cyclic N) is 1. The topological polar surface area (TPSA) is 216 Å². The molecule has 7 aromatic rings. The fourth-order valence-corrected chi connectivity index (χ4v) is 13.1. The minimum absolute atomic E-state index is 0.0565. The average molecular weight is 1150 g/mol. The Morgan fingerprint density at radius 1 is 0.866 bits per heavy atom. The first-order valence-electron chi connectivity index (χ1n) is 27.6. The number of carboxylic acid groups (broad SMARTS) is 1. The number of halogens is 2. The van der Waals surface area contributed by atoms with Gasteiger partial charge in [0.15, 0.2) is 10.8 Å². The Kier molecular flexibility index (Phi) is 16.6. The number of hydrogen-bond acceptors (Lipinski definition) is 13. The van der Waals surface area contributed by atoms with Crippen molar-refractivity contribution in [3.63, 3.8) is 0 Å². The normalized spacial score (nSPS) is 19.0. The molecule has 0 spiro atoms. The van der Waals surface area contributed by atoms with Crippen LogP contribution in [0.5, 0.6) is 5.75 Å². The number of aliphatic hydroxyl groups is 1. The zero-order valence-electron chi connectivity index (χ0n) is 46.5. The van der Waals surface area contributed by atoms with E-state index < -0.39 is 71.6 Å². The van der Waals surface area contributed by atoms with Crippen LogP contribution in [-0.4, -0.2) is 103 Å². The van der Waals surface area contributed by atoms with Crippen LogP contribution in [0.4, 0.5) is 19.7 Å². The van der Waals surface area contributed by atoms with Gasteiger partial charge in [-0.25, -0.2) is 19.7 Å². The van der Waals surface area contributed by atoms with Crippen LogP contribution in [0.3, 0.4) is 0 Å². The number of thiazole rings is 2. The van der Waals surface area contributed by atoms with Gasteiger partial charge in [-0.1, -0.05) is 92.8 Å². The van der Waals surface area contributed by atoms with E-state index in [9.17, 15) is 34.2 Å². The summed E-state index contributed by atoms with van der Waals surface area (Å²) in [6.45, 7) is 11.2. The number of aliphatic hydroxyl groups excluding tert-OH is 1. The maximum atomic E-state index is 16.1. The molecule has 82 heavy (non-hydrogen) atoms. The molecular formula is C62H66F2N8O8S2. The van der Waals surface area contributed by atoms with Gasteiger partial charge < -0.3 is 35.4 Å². The van der Waals surface area contributed by atoms with E-state index in [2.05, 4.69) is 30.9 Å². The molecule has 428 valence electrons. The summed E-state index contributed by atoms with van der Waals surface area (Å²) in [5.41, 5.74) is 8.14. The molecule has 0 bridgehead atoms. The van der Waals surface area contributed by atoms with Gasteiger partial charge in [0, 0.05) is 43.6 Å². The van der Waals surface area contributed by atoms with Crippen molar-refractivity contribution < 1.29 is 47.7 Å². The SMILES string of the molecule is Cc1ncsc1-c1ccc(C(C)NC(=O)C2CC(O)CN2C(=O)C(NC(=O)C(F)(F)CC2CCC(Oc3cccc(-c4ccc(N5CCc6cccc(C(=O)Nc7nc8ccccc8s7)c6C5)nc4C(=O)O)c3C)CC2)C(C)(C)C)cc1. The van der Waals surface area contributed by atoms with Crippen molar-refractivity contribution in [2.45, 2.75) is 129 Å². The molecule has 3 aliphatic rings. The van der Waals surface area contributed by atoms with Crippen LogP contribution in [0.25, 0.3) is 31.8 Å². The molecule has 16 nitrogen and oxygen atoms in total. The van der Waals surface area contributed by atoms with Gasteiger partial charge in [-0.05, 0) is 134 Å². The fraction of sp³-hybridized carbons (Fsp3) is 0.387. The lowest BCUT2D eigenvalue weighted by atomic mass is 9.82. The minimum Gasteiger partial charge on any atom is -0.490 e. The molecule has 0 radical (unpaired) electrons. The van der Waals surface area contributed by atoms with E-state index in [4.69, 9.17) is 4.74 Å². The van der Waals surface area contributed by atoms with E-state index in [-0.39, 0.29) is 30.7 Å². The Hall–Kier alpha value is -7.68. The monoisotopic (exact) mass is 1150 g/mol. The van der Waals surface area contributed by atoms with Crippen LogP contribution in [0, 0.1) is 25.2 Å². The Morgan fingerprint density at radius 3 is 2.32 bits per heavy atom. The number of pyridine rings is 1. The summed E-state index contributed by atoms with van der Waals surface area (Å²) >= 11 is 2.93. The number of ether oxygens (including phenoxy) is 1. The first kappa shape index (κ1) is 57.6. The van der Waals surface area contributed by atoms with E-state index in [1.165, 1.54) is 27.6 Å². The summed E-state index contributed by atoms with van der Waals surface area (Å²) < 4.78 is 39.6. The van der Waals surface area contributed by atoms with Crippen LogP contribution in [0.15, 0.2) is 103 Å². The molecule has 1 saturated carbocycles. The van der Waals surface area contributed by atoms with Crippen molar-refractivity contribution in [2.75, 3.05) is 23.3 Å². The van der Waals surface area contributed by atoms with Gasteiger partial charge in [0.2, 0.25) is 11.8 Å². The summed E-state index contributed by atoms with van der Waals surface area (Å²) in [5.74, 6) is -7.73. The third kappa shape index (κ3) is 12.4. The number of carbonyl (C=O) groups is 5. The van der Waals surface area contributed by atoms with Crippen molar-refractivity contribution in [1.29, 1.82) is 0 Å². The maximum Gasteiger partial charge on any atom is 0.355 e. The summed E-state index contributed by atoms with van der Waals surface area (Å²) in [6, 6.07) is 26.9. The van der Waals surface area contributed by atoms with E-state index in [1.807, 2.05) is 86.3 Å². The minimum atomic E-state index is -3.83. The highest BCUT2D eigenvalue weighted by atomic mass is 32.1. The molecule has 2 aliphatic heterocycles. The number of anilines is 2. The Morgan fingerprint density at radius 2 is 1.61 bits per heavy atom. The molecule has 1 aliphatic carbocycles. The second kappa shape index (κ2) is 23.7. The Labute approximate surface area is 482 Å². The second-order valence-corrected chi connectivity index (χ2v) is 24.7. The number of nitrogens with one attached hydrogen (secondary N) is 3. The average Bonchev–Trinajstić information content (AvgIpc) is 4.32. The number of aromatic carboxylic acids is 1. The predicted octanol–water partition coefficient (Wildman–Crippen LogP) is 10.9. The largest absolute Gasteiger partial charge is 0.490 e. The molecule has 2 fully saturated rings. The van der Waals surface area contributed by atoms with Crippen LogP contribution >= 0.6 is 22.7 Å². The standard InChI is InChI=1S/C62H66F2N8O8S2/c1-34-43(44-25-26-51(68-52(44)58(77)78)71-28-27-39-11-9-13-45(46(39)32-71)55(74)70-60-67-47-14-7-8-16-50(47)82-60)12-10-15-49(34)80-42-23-17-37(18-24-42)30-62(63,64)59(79)69-54(61(4,5)6)57(76)72-31-41(73)29-48(72)56(75)66-35(2)38-19-21-40(22-20-38)53-36(3)65-33-81-53/h7-16,19-22,25-26,33,35,37,41-42,48,54,73H,17-18,23-24,27-32H2,1-6H3,(H,66,75)(H,69,79)(H,77,78)(H,67,70,74). The smallest absolute Gasteiger partial charge is 0.355 e. The summed E-state index contributed by atoms with van der Waals surface area (Å²) in [4.78, 5) is 86.1. The Balaban J connectivity index is 0.744. The van der Waals surface area contributed by atoms with Gasteiger partial charge in [-0.3, -0.25) is 24.5 Å². The van der Waals surface area contributed by atoms with Crippen LogP contribution in [0.2, 0.25) is 0 Å². The number of carbonyl (C=O) groups excluding carboxylic acids is 4. The number of likely N-dealkylation sites (tertiary alicyclic amines) is 1. The molecule has 1 saturated heterocycles. The molecule has 3 aromatic heterocycles. The van der Waals surface area contributed by atoms with Crippen molar-refractivity contribution in [3.05, 3.63) is 142 Å². The number of aryl methyl sites for hydroxylation is 1. The van der Waals surface area contributed by atoms with E-state index in [0.29, 0.717) is 84.1 Å². The van der Waals surface area contributed by atoms with Crippen molar-refractivity contribution in [3.8, 4) is 27.3 Å². The number of nitrogens with zero attached hydrogens (tertiary/aromatic N) is 5. The quantitative estimate of drug-likeness (QED) is 0.0611. The second-order valence-electron chi connectivity index (χ2n) is 22.8. The highest BCUT2D eigenvalue weighted by molar-refractivity contribution is 7.22. The summed E-state index contributed by atoms with van der Waals surface area (Å²) in [6.07, 6.45) is -0.0276. The number of alkyl halides is 2. The van der Waals surface area contributed by atoms with Crippen LogP contribution < -0.4 is 25.6 Å². The third-order valence-corrected chi connectivity index (χ3v) is 17.9. The van der Waals surface area contributed by atoms with Crippen molar-refractivity contribution in [2.24, 2.45) is 11.3 Å². The lowest BCUT2D eigenvalue weighted by Crippen LogP contribution is -2.60. The number of amides is 4. The molecule has 4 atom stereocenters. The van der Waals surface area contributed by atoms with Gasteiger partial charge in [-0.15, -0.1) is 11.3 Å². The highest BCUT2D eigenvalue weighted by Crippen LogP contribution is 2.40. The molecule has 20 heteroatoms. The number of hydrogen-bond donors (Lipinski definition) is 5. The lowest BCUT2D eigenvalue weighted by Gasteiger charge is -2.36. The van der Waals surface area contributed by atoms with E-state index >= 15 is 8.78 Å². The van der Waals surface area contributed by atoms with Gasteiger partial charge >= 0.3 is 11.9 Å².